The second-order valence-electron chi connectivity index (χ2n) is 8.25. The van der Waals surface area contributed by atoms with Gasteiger partial charge in [0.1, 0.15) is 0 Å². The Hall–Kier alpha value is -1.20. The average molecular weight is 409 g/mol. The van der Waals surface area contributed by atoms with Crippen LogP contribution in [0.4, 0.5) is 0 Å². The summed E-state index contributed by atoms with van der Waals surface area (Å²) in [5.41, 5.74) is -0.0560. The summed E-state index contributed by atoms with van der Waals surface area (Å²) in [7, 11) is -0.494. The Morgan fingerprint density at radius 1 is 1.32 bits per heavy atom. The highest BCUT2D eigenvalue weighted by Gasteiger charge is 2.52. The molecule has 154 valence electrons. The van der Waals surface area contributed by atoms with Crippen molar-refractivity contribution >= 4 is 30.3 Å². The molecule has 0 aromatic carbocycles. The molecule has 2 aliphatic heterocycles. The molecule has 2 atom stereocenters. The van der Waals surface area contributed by atoms with E-state index in [1.807, 2.05) is 27.7 Å². The number of piperidine rings is 1. The molecule has 28 heavy (non-hydrogen) atoms. The van der Waals surface area contributed by atoms with Gasteiger partial charge in [-0.05, 0) is 40.5 Å². The van der Waals surface area contributed by atoms with Crippen molar-refractivity contribution in [3.05, 3.63) is 12.4 Å². The second-order valence-corrected chi connectivity index (χ2v) is 9.52. The monoisotopic (exact) mass is 409 g/mol. The van der Waals surface area contributed by atoms with Gasteiger partial charge in [-0.2, -0.15) is 0 Å². The second kappa shape index (κ2) is 8.27. The standard InChI is InChI=1S/C18H28BN3O5S/c1-17(2)18(3,4)27-19(26-17)12-8-20-16(21-9-12)28-13-6-5-7-22(10-13)15(25)14(24)11-23/h8-9,13-14,23-24H,5-7,10-11H2,1-4H3/t13-,14-/m1/s1. The summed E-state index contributed by atoms with van der Waals surface area (Å²) in [5.74, 6) is -0.426. The molecule has 0 saturated carbocycles. The molecule has 2 aliphatic rings. The van der Waals surface area contributed by atoms with Crippen molar-refractivity contribution in [3.63, 3.8) is 0 Å². The molecule has 1 amide bonds. The Bertz CT molecular complexity index is 687. The fourth-order valence-corrected chi connectivity index (χ4v) is 4.22. The van der Waals surface area contributed by atoms with Crippen LogP contribution in [-0.2, 0) is 14.1 Å². The molecule has 2 saturated heterocycles. The van der Waals surface area contributed by atoms with E-state index in [2.05, 4.69) is 9.97 Å². The van der Waals surface area contributed by atoms with Crippen LogP contribution in [0.25, 0.3) is 0 Å². The first-order valence-electron chi connectivity index (χ1n) is 9.55. The van der Waals surface area contributed by atoms with Crippen molar-refractivity contribution < 1.29 is 24.3 Å². The summed E-state index contributed by atoms with van der Waals surface area (Å²) in [6.45, 7) is 8.54. The molecule has 3 heterocycles. The molecular weight excluding hydrogens is 381 g/mol. The van der Waals surface area contributed by atoms with E-state index in [0.717, 1.165) is 18.3 Å². The zero-order chi connectivity index (χ0) is 20.5. The van der Waals surface area contributed by atoms with Crippen LogP contribution in [-0.4, -0.2) is 80.4 Å². The highest BCUT2D eigenvalue weighted by molar-refractivity contribution is 7.99. The van der Waals surface area contributed by atoms with Gasteiger partial charge < -0.3 is 24.4 Å². The number of carbonyl (C=O) groups is 1. The predicted molar refractivity (Wildman–Crippen MR) is 106 cm³/mol. The smallest absolute Gasteiger partial charge is 0.399 e. The van der Waals surface area contributed by atoms with Crippen molar-refractivity contribution in [2.45, 2.75) is 68.2 Å². The summed E-state index contributed by atoms with van der Waals surface area (Å²) in [5, 5.41) is 19.3. The molecular formula is C18H28BN3O5S. The van der Waals surface area contributed by atoms with Crippen molar-refractivity contribution in [2.75, 3.05) is 19.7 Å². The minimum absolute atomic E-state index is 0.145. The molecule has 0 bridgehead atoms. The van der Waals surface area contributed by atoms with Crippen LogP contribution in [0.15, 0.2) is 17.6 Å². The Labute approximate surface area is 170 Å². The van der Waals surface area contributed by atoms with E-state index >= 15 is 0 Å². The molecule has 2 fully saturated rings. The van der Waals surface area contributed by atoms with Crippen molar-refractivity contribution in [2.24, 2.45) is 0 Å². The van der Waals surface area contributed by atoms with Gasteiger partial charge in [-0.3, -0.25) is 4.79 Å². The lowest BCUT2D eigenvalue weighted by Crippen LogP contribution is -2.46. The van der Waals surface area contributed by atoms with Crippen LogP contribution >= 0.6 is 11.8 Å². The van der Waals surface area contributed by atoms with Gasteiger partial charge in [0.05, 0.1) is 17.8 Å². The topological polar surface area (TPSA) is 105 Å². The average Bonchev–Trinajstić information content (AvgIpc) is 2.88. The third-order valence-electron chi connectivity index (χ3n) is 5.59. The number of aromatic nitrogens is 2. The molecule has 10 heteroatoms. The van der Waals surface area contributed by atoms with Crippen LogP contribution in [0.2, 0.25) is 0 Å². The lowest BCUT2D eigenvalue weighted by molar-refractivity contribution is -0.142. The zero-order valence-electron chi connectivity index (χ0n) is 16.8. The van der Waals surface area contributed by atoms with E-state index in [1.54, 1.807) is 17.3 Å². The summed E-state index contributed by atoms with van der Waals surface area (Å²) < 4.78 is 12.0. The van der Waals surface area contributed by atoms with E-state index in [9.17, 15) is 9.90 Å². The zero-order valence-corrected chi connectivity index (χ0v) is 17.6. The molecule has 8 nitrogen and oxygen atoms in total. The maximum Gasteiger partial charge on any atom is 0.498 e. The number of thioether (sulfide) groups is 1. The molecule has 0 spiro atoms. The maximum atomic E-state index is 12.1. The van der Waals surface area contributed by atoms with Crippen LogP contribution in [0, 0.1) is 0 Å². The number of likely N-dealkylation sites (tertiary alicyclic amines) is 1. The summed E-state index contributed by atoms with van der Waals surface area (Å²) in [6, 6.07) is 0. The number of rotatable bonds is 5. The molecule has 0 radical (unpaired) electrons. The van der Waals surface area contributed by atoms with Gasteiger partial charge >= 0.3 is 7.12 Å². The number of aliphatic hydroxyl groups excluding tert-OH is 2. The number of amides is 1. The highest BCUT2D eigenvalue weighted by Crippen LogP contribution is 2.36. The SMILES string of the molecule is CC1(C)OB(c2cnc(S[C@@H]3CCCN(C(=O)[C@H](O)CO)C3)nc2)OC1(C)C. The van der Waals surface area contributed by atoms with Gasteiger partial charge in [-0.15, -0.1) is 0 Å². The van der Waals surface area contributed by atoms with Crippen molar-refractivity contribution in [1.82, 2.24) is 14.9 Å². The first-order valence-corrected chi connectivity index (χ1v) is 10.4. The van der Waals surface area contributed by atoms with E-state index in [0.29, 0.717) is 18.2 Å². The molecule has 0 aliphatic carbocycles. The number of aliphatic hydroxyl groups is 2. The third kappa shape index (κ3) is 4.51. The van der Waals surface area contributed by atoms with E-state index < -0.39 is 36.9 Å². The van der Waals surface area contributed by atoms with Gasteiger partial charge in [0.2, 0.25) is 0 Å². The molecule has 2 N–H and O–H groups in total. The minimum Gasteiger partial charge on any atom is -0.399 e. The first kappa shape index (κ1) is 21.5. The molecule has 3 rings (SSSR count). The fraction of sp³-hybridized carbons (Fsp3) is 0.722. The summed E-state index contributed by atoms with van der Waals surface area (Å²) >= 11 is 1.51. The van der Waals surface area contributed by atoms with Gasteiger partial charge in [0.15, 0.2) is 11.3 Å². The fourth-order valence-electron chi connectivity index (χ4n) is 3.16. The number of hydrogen-bond donors (Lipinski definition) is 2. The van der Waals surface area contributed by atoms with E-state index in [1.165, 1.54) is 11.8 Å². The highest BCUT2D eigenvalue weighted by atomic mass is 32.2. The Kier molecular flexibility index (Phi) is 6.36. The van der Waals surface area contributed by atoms with Crippen LogP contribution < -0.4 is 5.46 Å². The van der Waals surface area contributed by atoms with Gasteiger partial charge in [-0.25, -0.2) is 9.97 Å². The first-order chi connectivity index (χ1) is 13.1. The third-order valence-corrected chi connectivity index (χ3v) is 6.73. The summed E-state index contributed by atoms with van der Waals surface area (Å²) in [4.78, 5) is 22.5. The molecule has 1 aromatic rings. The minimum atomic E-state index is -1.35. The van der Waals surface area contributed by atoms with Crippen molar-refractivity contribution in [3.8, 4) is 0 Å². The van der Waals surface area contributed by atoms with Crippen LogP contribution in [0.1, 0.15) is 40.5 Å². The van der Waals surface area contributed by atoms with E-state index in [4.69, 9.17) is 14.4 Å². The number of hydrogen-bond acceptors (Lipinski definition) is 8. The predicted octanol–water partition coefficient (Wildman–Crippen LogP) is 0.212. The largest absolute Gasteiger partial charge is 0.498 e. The molecule has 1 aromatic heterocycles. The van der Waals surface area contributed by atoms with Crippen molar-refractivity contribution in [1.29, 1.82) is 0 Å². The Morgan fingerprint density at radius 3 is 2.50 bits per heavy atom. The molecule has 0 unspecified atom stereocenters. The van der Waals surface area contributed by atoms with Gasteiger partial charge in [-0.1, -0.05) is 11.8 Å². The maximum absolute atomic E-state index is 12.1. The van der Waals surface area contributed by atoms with Crippen LogP contribution in [0.3, 0.4) is 0 Å². The lowest BCUT2D eigenvalue weighted by Gasteiger charge is -2.33. The van der Waals surface area contributed by atoms with Gasteiger partial charge in [0.25, 0.3) is 5.91 Å². The number of carbonyl (C=O) groups excluding carboxylic acids is 1. The van der Waals surface area contributed by atoms with E-state index in [-0.39, 0.29) is 5.25 Å². The Morgan fingerprint density at radius 2 is 1.93 bits per heavy atom. The van der Waals surface area contributed by atoms with Gasteiger partial charge in [0, 0.05) is 36.2 Å². The normalized spacial score (nSPS) is 25.0. The Balaban J connectivity index is 1.60. The number of nitrogens with zero attached hydrogens (tertiary/aromatic N) is 3. The quantitative estimate of drug-likeness (QED) is 0.526. The summed E-state index contributed by atoms with van der Waals surface area (Å²) in [6.07, 6.45) is 3.87. The lowest BCUT2D eigenvalue weighted by atomic mass is 9.81. The van der Waals surface area contributed by atoms with Crippen LogP contribution in [0.5, 0.6) is 0 Å².